The molecule has 1 aliphatic heterocycles. The van der Waals surface area contributed by atoms with Crippen molar-refractivity contribution in [2.75, 3.05) is 26.3 Å². The number of aryl methyl sites for hydroxylation is 1. The van der Waals surface area contributed by atoms with Crippen molar-refractivity contribution < 1.29 is 13.9 Å². The summed E-state index contributed by atoms with van der Waals surface area (Å²) < 4.78 is 12.0. The molecule has 1 saturated heterocycles. The van der Waals surface area contributed by atoms with E-state index in [1.54, 1.807) is 11.0 Å². The maximum absolute atomic E-state index is 12.4. The highest BCUT2D eigenvalue weighted by Crippen LogP contribution is 2.31. The highest BCUT2D eigenvalue weighted by Gasteiger charge is 2.21. The van der Waals surface area contributed by atoms with E-state index in [0.29, 0.717) is 37.8 Å². The molecule has 5 nitrogen and oxygen atoms in total. The molecule has 1 fully saturated rings. The third kappa shape index (κ3) is 4.01. The van der Waals surface area contributed by atoms with Crippen LogP contribution in [-0.4, -0.2) is 37.1 Å². The van der Waals surface area contributed by atoms with Crippen molar-refractivity contribution in [1.29, 1.82) is 5.26 Å². The molecule has 0 spiro atoms. The number of nitrogens with zero attached hydrogens (tertiary/aromatic N) is 2. The minimum atomic E-state index is -0.291. The van der Waals surface area contributed by atoms with E-state index in [9.17, 15) is 10.1 Å². The van der Waals surface area contributed by atoms with Crippen molar-refractivity contribution in [3.8, 4) is 17.4 Å². The number of benzene rings is 1. The van der Waals surface area contributed by atoms with Gasteiger partial charge in [-0.3, -0.25) is 4.79 Å². The largest absolute Gasteiger partial charge is 0.457 e. The number of furan rings is 1. The SMILES string of the molecule is Cc1ccc(-c2ccc(/C=C(\C#N)C(=O)N3CCOCC3)o2)c(Br)c1. The van der Waals surface area contributed by atoms with Crippen LogP contribution in [0.3, 0.4) is 0 Å². The summed E-state index contributed by atoms with van der Waals surface area (Å²) in [6, 6.07) is 11.5. The number of halogens is 1. The van der Waals surface area contributed by atoms with Gasteiger partial charge in [-0.2, -0.15) is 5.26 Å². The molecule has 1 amide bonds. The highest BCUT2D eigenvalue weighted by molar-refractivity contribution is 9.10. The number of amides is 1. The van der Waals surface area contributed by atoms with Crippen LogP contribution in [0.1, 0.15) is 11.3 Å². The first-order chi connectivity index (χ1) is 12.1. The summed E-state index contributed by atoms with van der Waals surface area (Å²) in [5, 5.41) is 9.34. The molecule has 2 aromatic rings. The predicted octanol–water partition coefficient (Wildman–Crippen LogP) is 3.78. The fourth-order valence-electron chi connectivity index (χ4n) is 2.62. The monoisotopic (exact) mass is 400 g/mol. The number of hydrogen-bond acceptors (Lipinski definition) is 4. The van der Waals surface area contributed by atoms with Crippen molar-refractivity contribution in [1.82, 2.24) is 4.90 Å². The Balaban J connectivity index is 1.84. The Labute approximate surface area is 154 Å². The number of hydrogen-bond donors (Lipinski definition) is 0. The van der Waals surface area contributed by atoms with Gasteiger partial charge in [-0.25, -0.2) is 0 Å². The van der Waals surface area contributed by atoms with E-state index >= 15 is 0 Å². The lowest BCUT2D eigenvalue weighted by Crippen LogP contribution is -2.41. The number of carbonyl (C=O) groups is 1. The topological polar surface area (TPSA) is 66.5 Å². The number of nitriles is 1. The fraction of sp³-hybridized carbons (Fsp3) is 0.263. The predicted molar refractivity (Wildman–Crippen MR) is 97.6 cm³/mol. The Morgan fingerprint density at radius 3 is 2.72 bits per heavy atom. The number of rotatable bonds is 3. The Hall–Kier alpha value is -2.36. The summed E-state index contributed by atoms with van der Waals surface area (Å²) >= 11 is 3.53. The highest BCUT2D eigenvalue weighted by atomic mass is 79.9. The molecule has 1 aromatic heterocycles. The number of carbonyl (C=O) groups excluding carboxylic acids is 1. The van der Waals surface area contributed by atoms with Gasteiger partial charge in [-0.1, -0.05) is 22.0 Å². The molecular formula is C19H17BrN2O3. The molecule has 0 radical (unpaired) electrons. The van der Waals surface area contributed by atoms with Crippen LogP contribution in [0.4, 0.5) is 0 Å². The Kier molecular flexibility index (Phi) is 5.37. The van der Waals surface area contributed by atoms with Crippen molar-refractivity contribution >= 4 is 27.9 Å². The first-order valence-corrected chi connectivity index (χ1v) is 8.73. The van der Waals surface area contributed by atoms with Crippen LogP contribution in [0.2, 0.25) is 0 Å². The van der Waals surface area contributed by atoms with Crippen LogP contribution >= 0.6 is 15.9 Å². The molecule has 0 atom stereocenters. The summed E-state index contributed by atoms with van der Waals surface area (Å²) in [4.78, 5) is 14.1. The third-order valence-corrected chi connectivity index (χ3v) is 4.61. The van der Waals surface area contributed by atoms with E-state index < -0.39 is 0 Å². The number of ether oxygens (including phenoxy) is 1. The molecule has 25 heavy (non-hydrogen) atoms. The van der Waals surface area contributed by atoms with E-state index in [1.165, 1.54) is 6.08 Å². The van der Waals surface area contributed by atoms with Crippen LogP contribution in [0.25, 0.3) is 17.4 Å². The van der Waals surface area contributed by atoms with Gasteiger partial charge in [0.25, 0.3) is 5.91 Å². The third-order valence-electron chi connectivity index (χ3n) is 3.95. The van der Waals surface area contributed by atoms with Gasteiger partial charge in [-0.05, 0) is 36.8 Å². The Bertz CT molecular complexity index is 858. The maximum atomic E-state index is 12.4. The van der Waals surface area contributed by atoms with E-state index in [4.69, 9.17) is 9.15 Å². The van der Waals surface area contributed by atoms with Gasteiger partial charge in [-0.15, -0.1) is 0 Å². The van der Waals surface area contributed by atoms with Gasteiger partial charge in [0.05, 0.1) is 13.2 Å². The smallest absolute Gasteiger partial charge is 0.264 e. The lowest BCUT2D eigenvalue weighted by molar-refractivity contribution is -0.130. The summed E-state index contributed by atoms with van der Waals surface area (Å²) in [5.41, 5.74) is 2.12. The summed E-state index contributed by atoms with van der Waals surface area (Å²) in [6.45, 7) is 4.00. The molecule has 0 bridgehead atoms. The lowest BCUT2D eigenvalue weighted by atomic mass is 10.1. The molecule has 3 rings (SSSR count). The lowest BCUT2D eigenvalue weighted by Gasteiger charge is -2.26. The minimum Gasteiger partial charge on any atom is -0.457 e. The van der Waals surface area contributed by atoms with Gasteiger partial charge in [0.15, 0.2) is 0 Å². The van der Waals surface area contributed by atoms with Crippen molar-refractivity contribution in [3.05, 3.63) is 51.7 Å². The van der Waals surface area contributed by atoms with Crippen LogP contribution < -0.4 is 0 Å². The first kappa shape index (κ1) is 17.5. The molecule has 0 unspecified atom stereocenters. The molecule has 128 valence electrons. The second-order valence-corrected chi connectivity index (χ2v) is 6.61. The van der Waals surface area contributed by atoms with Crippen molar-refractivity contribution in [3.63, 3.8) is 0 Å². The molecule has 2 heterocycles. The first-order valence-electron chi connectivity index (χ1n) is 7.93. The maximum Gasteiger partial charge on any atom is 0.264 e. The molecule has 0 aliphatic carbocycles. The quantitative estimate of drug-likeness (QED) is 0.580. The molecule has 1 aliphatic rings. The van der Waals surface area contributed by atoms with Gasteiger partial charge in [0.2, 0.25) is 0 Å². The molecule has 0 saturated carbocycles. The Morgan fingerprint density at radius 2 is 2.04 bits per heavy atom. The standard InChI is InChI=1S/C19H17BrN2O3/c1-13-2-4-16(17(20)10-13)18-5-3-15(25-18)11-14(12-21)19(23)22-6-8-24-9-7-22/h2-5,10-11H,6-9H2,1H3/b14-11+. The zero-order chi connectivity index (χ0) is 17.8. The number of morpholine rings is 1. The van der Waals surface area contributed by atoms with Crippen molar-refractivity contribution in [2.45, 2.75) is 6.92 Å². The summed E-state index contributed by atoms with van der Waals surface area (Å²) in [6.07, 6.45) is 1.49. The molecule has 1 aromatic carbocycles. The van der Waals surface area contributed by atoms with E-state index in [1.807, 2.05) is 37.3 Å². The van der Waals surface area contributed by atoms with Crippen molar-refractivity contribution in [2.24, 2.45) is 0 Å². The second kappa shape index (κ2) is 7.68. The summed E-state index contributed by atoms with van der Waals surface area (Å²) in [5.74, 6) is 0.857. The average molecular weight is 401 g/mol. The zero-order valence-corrected chi connectivity index (χ0v) is 15.4. The normalized spacial score (nSPS) is 15.1. The van der Waals surface area contributed by atoms with Gasteiger partial charge >= 0.3 is 0 Å². The van der Waals surface area contributed by atoms with Gasteiger partial charge < -0.3 is 14.1 Å². The van der Waals surface area contributed by atoms with E-state index in [0.717, 1.165) is 15.6 Å². The zero-order valence-electron chi connectivity index (χ0n) is 13.8. The van der Waals surface area contributed by atoms with E-state index in [2.05, 4.69) is 15.9 Å². The van der Waals surface area contributed by atoms with Crippen LogP contribution in [0.5, 0.6) is 0 Å². The Morgan fingerprint density at radius 1 is 1.28 bits per heavy atom. The van der Waals surface area contributed by atoms with Crippen LogP contribution in [0, 0.1) is 18.3 Å². The van der Waals surface area contributed by atoms with Gasteiger partial charge in [0.1, 0.15) is 23.2 Å². The molecule has 0 N–H and O–H groups in total. The fourth-order valence-corrected chi connectivity index (χ4v) is 3.30. The van der Waals surface area contributed by atoms with E-state index in [-0.39, 0.29) is 11.5 Å². The average Bonchev–Trinajstić information content (AvgIpc) is 3.08. The van der Waals surface area contributed by atoms with Crippen LogP contribution in [-0.2, 0) is 9.53 Å². The molecular weight excluding hydrogens is 384 g/mol. The summed E-state index contributed by atoms with van der Waals surface area (Å²) in [7, 11) is 0. The van der Waals surface area contributed by atoms with Gasteiger partial charge in [0, 0.05) is 29.2 Å². The second-order valence-electron chi connectivity index (χ2n) is 5.76. The molecule has 6 heteroatoms. The van der Waals surface area contributed by atoms with Crippen LogP contribution in [0.15, 0.2) is 44.8 Å². The minimum absolute atomic E-state index is 0.0609.